The zero-order valence-corrected chi connectivity index (χ0v) is 10.4. The topological polar surface area (TPSA) is 26.3 Å². The van der Waals surface area contributed by atoms with Gasteiger partial charge in [0.15, 0.2) is 0 Å². The summed E-state index contributed by atoms with van der Waals surface area (Å²) in [6, 6.07) is 0. The lowest BCUT2D eigenvalue weighted by molar-refractivity contribution is -0.138. The van der Waals surface area contributed by atoms with Gasteiger partial charge >= 0.3 is 5.97 Å². The van der Waals surface area contributed by atoms with E-state index in [2.05, 4.69) is 27.8 Å². The van der Waals surface area contributed by atoms with Crippen molar-refractivity contribution in [3.63, 3.8) is 0 Å². The van der Waals surface area contributed by atoms with Crippen LogP contribution in [0.5, 0.6) is 0 Å². The van der Waals surface area contributed by atoms with Crippen molar-refractivity contribution in [2.75, 3.05) is 6.61 Å². The van der Waals surface area contributed by atoms with E-state index in [0.717, 1.165) is 0 Å². The average molecular weight is 269 g/mol. The molecule has 0 aromatic carbocycles. The molecular formula is C12H13BrO2. The summed E-state index contributed by atoms with van der Waals surface area (Å²) in [4.78, 5) is 12.8. The Kier molecular flexibility index (Phi) is 8.50. The average Bonchev–Trinajstić information content (AvgIpc) is 2.23. The van der Waals surface area contributed by atoms with Crippen LogP contribution in [0, 0.1) is 11.8 Å². The third kappa shape index (κ3) is 7.77. The number of carbonyl (C=O) groups excluding carboxylic acids is 1. The van der Waals surface area contributed by atoms with E-state index in [4.69, 9.17) is 4.74 Å². The summed E-state index contributed by atoms with van der Waals surface area (Å²) < 4.78 is 4.80. The van der Waals surface area contributed by atoms with Crippen LogP contribution in [0.15, 0.2) is 34.9 Å². The molecule has 0 aromatic heterocycles. The second-order valence-corrected chi connectivity index (χ2v) is 3.04. The van der Waals surface area contributed by atoms with Gasteiger partial charge in [-0.25, -0.2) is 4.79 Å². The van der Waals surface area contributed by atoms with Gasteiger partial charge in [-0.15, -0.1) is 0 Å². The fraction of sp³-hybridized carbons (Fsp3) is 0.250. The number of halogens is 1. The molecule has 15 heavy (non-hydrogen) atoms. The highest BCUT2D eigenvalue weighted by Gasteiger charge is 2.01. The summed E-state index contributed by atoms with van der Waals surface area (Å²) >= 11 is 3.10. The van der Waals surface area contributed by atoms with E-state index in [-0.39, 0.29) is 5.97 Å². The predicted molar refractivity (Wildman–Crippen MR) is 65.4 cm³/mol. The molecule has 3 heteroatoms. The minimum atomic E-state index is -0.296. The minimum Gasteiger partial charge on any atom is -0.463 e. The molecule has 0 aliphatic carbocycles. The highest BCUT2D eigenvalue weighted by atomic mass is 79.9. The summed E-state index contributed by atoms with van der Waals surface area (Å²) in [7, 11) is 0. The normalized spacial score (nSPS) is 11.5. The molecule has 0 amide bonds. The van der Waals surface area contributed by atoms with Gasteiger partial charge < -0.3 is 4.74 Å². The van der Waals surface area contributed by atoms with Gasteiger partial charge in [-0.1, -0.05) is 39.9 Å². The van der Waals surface area contributed by atoms with E-state index < -0.39 is 0 Å². The number of hydrogen-bond acceptors (Lipinski definition) is 2. The Morgan fingerprint density at radius 3 is 2.67 bits per heavy atom. The molecule has 0 N–H and O–H groups in total. The van der Waals surface area contributed by atoms with Crippen molar-refractivity contribution in [1.29, 1.82) is 0 Å². The molecule has 0 aromatic rings. The van der Waals surface area contributed by atoms with Gasteiger partial charge in [0.25, 0.3) is 0 Å². The van der Waals surface area contributed by atoms with E-state index in [0.29, 0.717) is 12.2 Å². The quantitative estimate of drug-likeness (QED) is 0.341. The Morgan fingerprint density at radius 2 is 2.07 bits per heavy atom. The summed E-state index contributed by atoms with van der Waals surface area (Å²) in [6.07, 6.45) is 6.72. The minimum absolute atomic E-state index is 0.296. The number of esters is 1. The van der Waals surface area contributed by atoms with E-state index in [1.165, 1.54) is 0 Å². The van der Waals surface area contributed by atoms with Crippen molar-refractivity contribution in [2.24, 2.45) is 0 Å². The predicted octanol–water partition coefficient (Wildman–Crippen LogP) is 2.96. The van der Waals surface area contributed by atoms with Gasteiger partial charge in [0.05, 0.1) is 6.61 Å². The molecule has 0 saturated heterocycles. The van der Waals surface area contributed by atoms with Gasteiger partial charge in [0, 0.05) is 5.57 Å². The molecule has 0 heterocycles. The zero-order valence-electron chi connectivity index (χ0n) is 8.79. The van der Waals surface area contributed by atoms with E-state index >= 15 is 0 Å². The Balaban J connectivity index is 4.17. The van der Waals surface area contributed by atoms with Crippen LogP contribution >= 0.6 is 15.9 Å². The molecule has 0 atom stereocenters. The van der Waals surface area contributed by atoms with Crippen molar-refractivity contribution in [3.8, 4) is 11.8 Å². The van der Waals surface area contributed by atoms with Crippen LogP contribution in [-0.2, 0) is 9.53 Å². The molecule has 0 unspecified atom stereocenters. The summed E-state index contributed by atoms with van der Waals surface area (Å²) in [5.41, 5.74) is 0.561. The monoisotopic (exact) mass is 268 g/mol. The number of hydrogen-bond donors (Lipinski definition) is 0. The highest BCUT2D eigenvalue weighted by Crippen LogP contribution is 1.96. The van der Waals surface area contributed by atoms with Crippen molar-refractivity contribution in [1.82, 2.24) is 0 Å². The molecule has 2 nitrogen and oxygen atoms in total. The van der Waals surface area contributed by atoms with Crippen LogP contribution in [0.3, 0.4) is 0 Å². The van der Waals surface area contributed by atoms with Gasteiger partial charge in [0.2, 0.25) is 0 Å². The van der Waals surface area contributed by atoms with E-state index in [1.54, 1.807) is 43.1 Å². The maximum Gasteiger partial charge on any atom is 0.333 e. The van der Waals surface area contributed by atoms with Crippen LogP contribution < -0.4 is 0 Å². The summed E-state index contributed by atoms with van der Waals surface area (Å²) in [5.74, 6) is 5.23. The third-order valence-electron chi connectivity index (χ3n) is 1.35. The fourth-order valence-corrected chi connectivity index (χ4v) is 0.813. The molecule has 80 valence electrons. The summed E-state index contributed by atoms with van der Waals surface area (Å²) in [5, 5.41) is 0. The zero-order chi connectivity index (χ0) is 11.5. The molecule has 0 aliphatic rings. The molecule has 0 spiro atoms. The smallest absolute Gasteiger partial charge is 0.333 e. The van der Waals surface area contributed by atoms with Gasteiger partial charge in [0.1, 0.15) is 0 Å². The first-order chi connectivity index (χ1) is 7.22. The largest absolute Gasteiger partial charge is 0.463 e. The third-order valence-corrected chi connectivity index (χ3v) is 1.62. The fourth-order valence-electron chi connectivity index (χ4n) is 0.681. The van der Waals surface area contributed by atoms with Gasteiger partial charge in [-0.05, 0) is 31.0 Å². The first kappa shape index (κ1) is 13.7. The van der Waals surface area contributed by atoms with E-state index in [9.17, 15) is 4.79 Å². The van der Waals surface area contributed by atoms with Crippen molar-refractivity contribution < 1.29 is 9.53 Å². The van der Waals surface area contributed by atoms with Crippen molar-refractivity contribution in [2.45, 2.75) is 13.8 Å². The first-order valence-electron chi connectivity index (χ1n) is 4.49. The molecular weight excluding hydrogens is 256 g/mol. The second kappa shape index (κ2) is 9.29. The Morgan fingerprint density at radius 1 is 1.40 bits per heavy atom. The maximum atomic E-state index is 11.1. The lowest BCUT2D eigenvalue weighted by Gasteiger charge is -1.98. The number of ether oxygens (including phenoxy) is 1. The van der Waals surface area contributed by atoms with Gasteiger partial charge in [-0.2, -0.15) is 0 Å². The standard InChI is InChI=1S/C12H13BrO2/c1-3-15-12(14)11(2)9-7-5-4-6-8-10-13/h5,7-10H,3H2,1-2H3/b7-5+,10-8+,11-9+. The number of allylic oxidation sites excluding steroid dienone is 4. The molecule has 0 fully saturated rings. The number of carbonyl (C=O) groups is 1. The molecule has 0 radical (unpaired) electrons. The van der Waals surface area contributed by atoms with Crippen LogP contribution in [0.2, 0.25) is 0 Å². The van der Waals surface area contributed by atoms with Gasteiger partial charge in [-0.3, -0.25) is 0 Å². The maximum absolute atomic E-state index is 11.1. The van der Waals surface area contributed by atoms with Crippen LogP contribution in [0.1, 0.15) is 13.8 Å². The first-order valence-corrected chi connectivity index (χ1v) is 5.40. The molecule has 0 bridgehead atoms. The molecule has 0 aliphatic heterocycles. The molecule has 0 rings (SSSR count). The Hall–Kier alpha value is -1.27. The van der Waals surface area contributed by atoms with Crippen molar-refractivity contribution in [3.05, 3.63) is 34.9 Å². The van der Waals surface area contributed by atoms with Crippen molar-refractivity contribution >= 4 is 21.9 Å². The van der Waals surface area contributed by atoms with Crippen LogP contribution in [0.4, 0.5) is 0 Å². The summed E-state index contributed by atoms with van der Waals surface area (Å²) in [6.45, 7) is 3.87. The second-order valence-electron chi connectivity index (χ2n) is 2.51. The Labute approximate surface area is 98.8 Å². The number of rotatable bonds is 3. The lowest BCUT2D eigenvalue weighted by Crippen LogP contribution is -2.04. The molecule has 0 saturated carbocycles. The van der Waals surface area contributed by atoms with Crippen LogP contribution in [-0.4, -0.2) is 12.6 Å². The lowest BCUT2D eigenvalue weighted by atomic mass is 10.3. The Bertz CT molecular complexity index is 340. The highest BCUT2D eigenvalue weighted by molar-refractivity contribution is 9.11. The SMILES string of the molecule is CCOC(=O)/C(C)=C/C=C/C#C/C=C/Br. The van der Waals surface area contributed by atoms with E-state index in [1.807, 2.05) is 0 Å². The van der Waals surface area contributed by atoms with Crippen LogP contribution in [0.25, 0.3) is 0 Å².